The fraction of sp³-hybridized carbons (Fsp3) is 1.00. The molecule has 10 heavy (non-hydrogen) atoms. The van der Waals surface area contributed by atoms with Gasteiger partial charge in [-0.15, -0.1) is 0 Å². The Kier molecular flexibility index (Phi) is 3.14. The molecule has 0 aromatic heterocycles. The van der Waals surface area contributed by atoms with Crippen molar-refractivity contribution in [2.75, 3.05) is 13.7 Å². The SMILES string of the molecule is CCOC1CC(Br)C1OC. The van der Waals surface area contributed by atoms with E-state index in [1.165, 1.54) is 0 Å². The maximum absolute atomic E-state index is 5.40. The second-order valence-corrected chi connectivity index (χ2v) is 3.62. The minimum Gasteiger partial charge on any atom is -0.378 e. The molecule has 2 nitrogen and oxygen atoms in total. The average molecular weight is 209 g/mol. The molecule has 0 saturated heterocycles. The van der Waals surface area contributed by atoms with Gasteiger partial charge in [0, 0.05) is 18.5 Å². The maximum Gasteiger partial charge on any atom is 0.0958 e. The first-order chi connectivity index (χ1) is 4.79. The molecule has 0 heterocycles. The van der Waals surface area contributed by atoms with Gasteiger partial charge in [0.25, 0.3) is 0 Å². The van der Waals surface area contributed by atoms with Crippen molar-refractivity contribution in [3.05, 3.63) is 0 Å². The largest absolute Gasteiger partial charge is 0.378 e. The zero-order chi connectivity index (χ0) is 7.56. The molecule has 3 unspecified atom stereocenters. The van der Waals surface area contributed by atoms with E-state index in [9.17, 15) is 0 Å². The lowest BCUT2D eigenvalue weighted by molar-refractivity contribution is -0.103. The van der Waals surface area contributed by atoms with Gasteiger partial charge >= 0.3 is 0 Å². The van der Waals surface area contributed by atoms with Gasteiger partial charge in [0.15, 0.2) is 0 Å². The Morgan fingerprint density at radius 3 is 2.70 bits per heavy atom. The van der Waals surface area contributed by atoms with Crippen LogP contribution in [0.5, 0.6) is 0 Å². The first-order valence-electron chi connectivity index (χ1n) is 3.58. The summed E-state index contributed by atoms with van der Waals surface area (Å²) in [4.78, 5) is 0.494. The Morgan fingerprint density at radius 2 is 2.30 bits per heavy atom. The summed E-state index contributed by atoms with van der Waals surface area (Å²) in [5, 5.41) is 0. The van der Waals surface area contributed by atoms with Gasteiger partial charge < -0.3 is 9.47 Å². The van der Waals surface area contributed by atoms with Crippen LogP contribution in [-0.4, -0.2) is 30.8 Å². The predicted molar refractivity (Wildman–Crippen MR) is 43.5 cm³/mol. The van der Waals surface area contributed by atoms with E-state index in [0.29, 0.717) is 10.9 Å². The Morgan fingerprint density at radius 1 is 1.60 bits per heavy atom. The van der Waals surface area contributed by atoms with Gasteiger partial charge in [-0.3, -0.25) is 0 Å². The van der Waals surface area contributed by atoms with E-state index in [0.717, 1.165) is 13.0 Å². The quantitative estimate of drug-likeness (QED) is 0.657. The van der Waals surface area contributed by atoms with Gasteiger partial charge in [0.2, 0.25) is 0 Å². The van der Waals surface area contributed by atoms with Crippen LogP contribution in [0.25, 0.3) is 0 Å². The molecule has 0 spiro atoms. The molecule has 1 saturated carbocycles. The van der Waals surface area contributed by atoms with E-state index in [1.807, 2.05) is 6.92 Å². The fourth-order valence-corrected chi connectivity index (χ4v) is 2.13. The van der Waals surface area contributed by atoms with Gasteiger partial charge in [0.05, 0.1) is 12.2 Å². The summed E-state index contributed by atoms with van der Waals surface area (Å²) in [6.45, 7) is 2.79. The first-order valence-corrected chi connectivity index (χ1v) is 4.49. The monoisotopic (exact) mass is 208 g/mol. The zero-order valence-electron chi connectivity index (χ0n) is 6.34. The first kappa shape index (κ1) is 8.50. The molecule has 60 valence electrons. The molecule has 0 aliphatic heterocycles. The number of rotatable bonds is 3. The van der Waals surface area contributed by atoms with Crippen molar-refractivity contribution >= 4 is 15.9 Å². The third-order valence-electron chi connectivity index (χ3n) is 1.83. The zero-order valence-corrected chi connectivity index (χ0v) is 7.93. The van der Waals surface area contributed by atoms with Crippen LogP contribution in [-0.2, 0) is 9.47 Å². The minimum absolute atomic E-state index is 0.264. The van der Waals surface area contributed by atoms with Crippen LogP contribution in [0.3, 0.4) is 0 Å². The Hall–Kier alpha value is 0.400. The van der Waals surface area contributed by atoms with Crippen LogP contribution in [0.1, 0.15) is 13.3 Å². The third-order valence-corrected chi connectivity index (χ3v) is 2.73. The van der Waals surface area contributed by atoms with Gasteiger partial charge in [-0.1, -0.05) is 15.9 Å². The van der Waals surface area contributed by atoms with E-state index in [2.05, 4.69) is 15.9 Å². The van der Waals surface area contributed by atoms with Crippen LogP contribution < -0.4 is 0 Å². The fourth-order valence-electron chi connectivity index (χ4n) is 1.20. The van der Waals surface area contributed by atoms with Gasteiger partial charge in [-0.05, 0) is 13.3 Å². The summed E-state index contributed by atoms with van der Waals surface area (Å²) in [6, 6.07) is 0. The molecule has 0 bridgehead atoms. The van der Waals surface area contributed by atoms with Crippen LogP contribution >= 0.6 is 15.9 Å². The smallest absolute Gasteiger partial charge is 0.0958 e. The van der Waals surface area contributed by atoms with Crippen LogP contribution in [0.4, 0.5) is 0 Å². The highest BCUT2D eigenvalue weighted by Gasteiger charge is 2.40. The molecule has 0 aromatic carbocycles. The highest BCUT2D eigenvalue weighted by Crippen LogP contribution is 2.32. The molecule has 0 N–H and O–H groups in total. The third kappa shape index (κ3) is 1.52. The molecule has 3 atom stereocenters. The molecule has 1 fully saturated rings. The topological polar surface area (TPSA) is 18.5 Å². The molecule has 0 radical (unpaired) electrons. The van der Waals surface area contributed by atoms with E-state index in [4.69, 9.17) is 9.47 Å². The Balaban J connectivity index is 2.23. The number of methoxy groups -OCH3 is 1. The van der Waals surface area contributed by atoms with Crippen molar-refractivity contribution in [3.63, 3.8) is 0 Å². The maximum atomic E-state index is 5.40. The molecule has 0 amide bonds. The standard InChI is InChI=1S/C7H13BrO2/c1-3-10-6-4-5(8)7(6)9-2/h5-7H,3-4H2,1-2H3. The highest BCUT2D eigenvalue weighted by atomic mass is 79.9. The second-order valence-electron chi connectivity index (χ2n) is 2.45. The summed E-state index contributed by atoms with van der Waals surface area (Å²) < 4.78 is 10.6. The highest BCUT2D eigenvalue weighted by molar-refractivity contribution is 9.09. The predicted octanol–water partition coefficient (Wildman–Crippen LogP) is 1.57. The summed E-state index contributed by atoms with van der Waals surface area (Å²) in [5.74, 6) is 0. The number of alkyl halides is 1. The lowest BCUT2D eigenvalue weighted by Gasteiger charge is -2.39. The van der Waals surface area contributed by atoms with E-state index < -0.39 is 0 Å². The van der Waals surface area contributed by atoms with Crippen molar-refractivity contribution in [2.24, 2.45) is 0 Å². The lowest BCUT2D eigenvalue weighted by atomic mass is 9.91. The summed E-state index contributed by atoms with van der Waals surface area (Å²) in [7, 11) is 1.73. The summed E-state index contributed by atoms with van der Waals surface area (Å²) in [6.07, 6.45) is 1.66. The number of hydrogen-bond donors (Lipinski definition) is 0. The van der Waals surface area contributed by atoms with Crippen LogP contribution in [0.2, 0.25) is 0 Å². The van der Waals surface area contributed by atoms with Crippen molar-refractivity contribution in [3.8, 4) is 0 Å². The van der Waals surface area contributed by atoms with E-state index in [1.54, 1.807) is 7.11 Å². The van der Waals surface area contributed by atoms with Crippen LogP contribution in [0.15, 0.2) is 0 Å². The molecular weight excluding hydrogens is 196 g/mol. The molecule has 1 aliphatic carbocycles. The Labute approximate surface area is 70.0 Å². The van der Waals surface area contributed by atoms with Gasteiger partial charge in [0.1, 0.15) is 0 Å². The summed E-state index contributed by atoms with van der Waals surface area (Å²) >= 11 is 3.49. The molecule has 1 rings (SSSR count). The number of hydrogen-bond acceptors (Lipinski definition) is 2. The Bertz CT molecular complexity index is 106. The van der Waals surface area contributed by atoms with Gasteiger partial charge in [-0.25, -0.2) is 0 Å². The van der Waals surface area contributed by atoms with Crippen LogP contribution in [0, 0.1) is 0 Å². The van der Waals surface area contributed by atoms with Gasteiger partial charge in [-0.2, -0.15) is 0 Å². The normalized spacial score (nSPS) is 39.3. The lowest BCUT2D eigenvalue weighted by Crippen LogP contribution is -2.50. The number of ether oxygens (including phenoxy) is 2. The van der Waals surface area contributed by atoms with Crippen molar-refractivity contribution in [1.29, 1.82) is 0 Å². The molecular formula is C7H13BrO2. The van der Waals surface area contributed by atoms with Crippen molar-refractivity contribution < 1.29 is 9.47 Å². The van der Waals surface area contributed by atoms with Crippen molar-refractivity contribution in [2.45, 2.75) is 30.4 Å². The molecule has 3 heteroatoms. The molecule has 1 aliphatic rings. The second kappa shape index (κ2) is 3.69. The summed E-state index contributed by atoms with van der Waals surface area (Å²) in [5.41, 5.74) is 0. The van der Waals surface area contributed by atoms with Crippen molar-refractivity contribution in [1.82, 2.24) is 0 Å². The minimum atomic E-state index is 0.264. The average Bonchev–Trinajstić information content (AvgIpc) is 1.88. The number of halogens is 1. The molecule has 0 aromatic rings. The van der Waals surface area contributed by atoms with E-state index in [-0.39, 0.29) is 6.10 Å². The van der Waals surface area contributed by atoms with E-state index >= 15 is 0 Å².